The summed E-state index contributed by atoms with van der Waals surface area (Å²) in [5.41, 5.74) is 0.891. The maximum absolute atomic E-state index is 12.9. The zero-order chi connectivity index (χ0) is 17.1. The molecule has 2 atom stereocenters. The summed E-state index contributed by atoms with van der Waals surface area (Å²) in [6.45, 7) is 4.59. The number of nitrogens with zero attached hydrogens (tertiary/aromatic N) is 3. The highest BCUT2D eigenvalue weighted by molar-refractivity contribution is 6.05. The van der Waals surface area contributed by atoms with Crippen molar-refractivity contribution in [1.29, 1.82) is 0 Å². The molecule has 3 rings (SSSR count). The van der Waals surface area contributed by atoms with Crippen molar-refractivity contribution in [2.45, 2.75) is 32.4 Å². The van der Waals surface area contributed by atoms with Crippen LogP contribution >= 0.6 is 0 Å². The largest absolute Gasteiger partial charge is 0.332 e. The molecule has 2 aromatic rings. The molecule has 2 heterocycles. The van der Waals surface area contributed by atoms with Crippen LogP contribution in [0.3, 0.4) is 0 Å². The molecule has 7 nitrogen and oxygen atoms in total. The summed E-state index contributed by atoms with van der Waals surface area (Å²) in [7, 11) is 0. The van der Waals surface area contributed by atoms with E-state index in [4.69, 9.17) is 4.52 Å². The second kappa shape index (κ2) is 6.92. The van der Waals surface area contributed by atoms with Gasteiger partial charge in [-0.15, -0.1) is 5.10 Å². The zero-order valence-corrected chi connectivity index (χ0v) is 13.7. The normalized spacial score (nSPS) is 21.3. The first-order valence-corrected chi connectivity index (χ1v) is 8.01. The first-order chi connectivity index (χ1) is 11.6. The lowest BCUT2D eigenvalue weighted by Gasteiger charge is -2.38. The van der Waals surface area contributed by atoms with Gasteiger partial charge in [0.25, 0.3) is 0 Å². The highest BCUT2D eigenvalue weighted by Crippen LogP contribution is 2.27. The van der Waals surface area contributed by atoms with Gasteiger partial charge in [-0.25, -0.2) is 0 Å². The molecule has 7 heteroatoms. The van der Waals surface area contributed by atoms with Gasteiger partial charge in [0.2, 0.25) is 11.7 Å². The van der Waals surface area contributed by atoms with Gasteiger partial charge in [-0.05, 0) is 17.9 Å². The molecule has 0 saturated carbocycles. The van der Waals surface area contributed by atoms with Crippen molar-refractivity contribution in [3.63, 3.8) is 0 Å². The number of benzene rings is 1. The van der Waals surface area contributed by atoms with E-state index in [9.17, 15) is 9.59 Å². The Hall–Kier alpha value is -2.54. The monoisotopic (exact) mass is 328 g/mol. The van der Waals surface area contributed by atoms with Crippen LogP contribution in [-0.4, -0.2) is 39.7 Å². The highest BCUT2D eigenvalue weighted by Gasteiger charge is 2.41. The molecule has 1 N–H and O–H groups in total. The van der Waals surface area contributed by atoms with Gasteiger partial charge in [0.15, 0.2) is 0 Å². The van der Waals surface area contributed by atoms with Gasteiger partial charge in [0, 0.05) is 11.8 Å². The molecule has 2 amide bonds. The van der Waals surface area contributed by atoms with Crippen molar-refractivity contribution in [3.05, 3.63) is 47.9 Å². The Balaban J connectivity index is 1.94. The summed E-state index contributed by atoms with van der Waals surface area (Å²) in [6.07, 6.45) is 1.90. The number of nitrogens with one attached hydrogen (secondary N) is 1. The number of hydrogen-bond acceptors (Lipinski definition) is 6. The maximum atomic E-state index is 12.9. The van der Waals surface area contributed by atoms with Crippen molar-refractivity contribution in [3.8, 4) is 0 Å². The molecule has 1 fully saturated rings. The summed E-state index contributed by atoms with van der Waals surface area (Å²) >= 11 is 0. The van der Waals surface area contributed by atoms with Gasteiger partial charge in [-0.3, -0.25) is 14.5 Å². The lowest BCUT2D eigenvalue weighted by atomic mass is 9.95. The van der Waals surface area contributed by atoms with Crippen LogP contribution in [0.5, 0.6) is 0 Å². The number of aromatic nitrogens is 2. The van der Waals surface area contributed by atoms with Crippen LogP contribution in [0.25, 0.3) is 0 Å². The van der Waals surface area contributed by atoms with Crippen LogP contribution < -0.4 is 5.32 Å². The molecule has 2 unspecified atom stereocenters. The average molecular weight is 328 g/mol. The molecule has 1 saturated heterocycles. The number of carbonyl (C=O) groups excluding carboxylic acids is 2. The van der Waals surface area contributed by atoms with Crippen molar-refractivity contribution in [2.24, 2.45) is 5.92 Å². The van der Waals surface area contributed by atoms with E-state index < -0.39 is 5.91 Å². The Morgan fingerprint density at radius 2 is 2.12 bits per heavy atom. The van der Waals surface area contributed by atoms with Crippen LogP contribution in [0.2, 0.25) is 0 Å². The number of amides is 2. The van der Waals surface area contributed by atoms with Gasteiger partial charge in [-0.1, -0.05) is 44.2 Å². The Morgan fingerprint density at radius 3 is 2.75 bits per heavy atom. The summed E-state index contributed by atoms with van der Waals surface area (Å²) < 4.78 is 4.87. The van der Waals surface area contributed by atoms with E-state index in [-0.39, 0.29) is 23.8 Å². The average Bonchev–Trinajstić information content (AvgIpc) is 3.11. The van der Waals surface area contributed by atoms with Gasteiger partial charge in [0.1, 0.15) is 6.20 Å². The molecule has 126 valence electrons. The fraction of sp³-hybridized carbons (Fsp3) is 0.412. The number of hydrogen-bond donors (Lipinski definition) is 1. The second-order valence-electron chi connectivity index (χ2n) is 6.31. The van der Waals surface area contributed by atoms with Crippen molar-refractivity contribution in [2.75, 3.05) is 6.54 Å². The Bertz CT molecular complexity index is 700. The quantitative estimate of drug-likeness (QED) is 0.861. The molecule has 1 aliphatic heterocycles. The maximum Gasteiger partial charge on any atom is 0.301 e. The summed E-state index contributed by atoms with van der Waals surface area (Å²) in [5.74, 6) is -0.447. The van der Waals surface area contributed by atoms with E-state index in [1.807, 2.05) is 44.2 Å². The van der Waals surface area contributed by atoms with Gasteiger partial charge in [0.05, 0.1) is 12.1 Å². The van der Waals surface area contributed by atoms with E-state index in [0.717, 1.165) is 5.56 Å². The summed E-state index contributed by atoms with van der Waals surface area (Å²) in [4.78, 5) is 27.0. The van der Waals surface area contributed by atoms with E-state index in [2.05, 4.69) is 15.7 Å². The molecular formula is C17H20N4O3. The molecule has 1 aliphatic rings. The predicted octanol–water partition coefficient (Wildman–Crippen LogP) is 1.80. The lowest BCUT2D eigenvalue weighted by Crippen LogP contribution is -2.58. The third kappa shape index (κ3) is 3.21. The third-order valence-corrected chi connectivity index (χ3v) is 4.09. The fourth-order valence-electron chi connectivity index (χ4n) is 2.97. The van der Waals surface area contributed by atoms with Gasteiger partial charge < -0.3 is 9.84 Å². The number of imide groups is 1. The van der Waals surface area contributed by atoms with E-state index >= 15 is 0 Å². The fourth-order valence-corrected chi connectivity index (χ4v) is 2.97. The van der Waals surface area contributed by atoms with Gasteiger partial charge in [-0.2, -0.15) is 0 Å². The number of piperazine rings is 1. The smallest absolute Gasteiger partial charge is 0.301 e. The zero-order valence-electron chi connectivity index (χ0n) is 13.7. The Labute approximate surface area is 140 Å². The van der Waals surface area contributed by atoms with Gasteiger partial charge >= 0.3 is 5.91 Å². The van der Waals surface area contributed by atoms with E-state index in [1.165, 1.54) is 11.1 Å². The molecule has 1 aromatic heterocycles. The Morgan fingerprint density at radius 1 is 1.38 bits per heavy atom. The van der Waals surface area contributed by atoms with E-state index in [0.29, 0.717) is 18.9 Å². The summed E-state index contributed by atoms with van der Waals surface area (Å²) in [5, 5.41) is 10.1. The molecule has 0 radical (unpaired) electrons. The lowest BCUT2D eigenvalue weighted by molar-refractivity contribution is -0.136. The van der Waals surface area contributed by atoms with Crippen molar-refractivity contribution in [1.82, 2.24) is 20.6 Å². The second-order valence-corrected chi connectivity index (χ2v) is 6.31. The van der Waals surface area contributed by atoms with Crippen LogP contribution in [0.15, 0.2) is 41.1 Å². The minimum absolute atomic E-state index is 0.0329. The number of rotatable bonds is 4. The first-order valence-electron chi connectivity index (χ1n) is 8.01. The Kier molecular flexibility index (Phi) is 4.71. The van der Waals surface area contributed by atoms with Crippen LogP contribution in [0.1, 0.15) is 42.4 Å². The molecule has 1 aromatic carbocycles. The molecule has 0 spiro atoms. The first kappa shape index (κ1) is 16.3. The van der Waals surface area contributed by atoms with Crippen molar-refractivity contribution >= 4 is 11.8 Å². The predicted molar refractivity (Wildman–Crippen MR) is 85.9 cm³/mol. The molecule has 24 heavy (non-hydrogen) atoms. The minimum atomic E-state index is -0.505. The standard InChI is InChI=1S/C17H20N4O3/c1-11(2)8-13-16(22)21(17(23)15-10-19-20-24-15)14(9-18-13)12-6-4-3-5-7-12/h3-7,10-11,13-14,18H,8-9H2,1-2H3. The van der Waals surface area contributed by atoms with Crippen LogP contribution in [0, 0.1) is 5.92 Å². The summed E-state index contributed by atoms with van der Waals surface area (Å²) in [6, 6.07) is 8.71. The molecular weight excluding hydrogens is 308 g/mol. The van der Waals surface area contributed by atoms with E-state index in [1.54, 1.807) is 0 Å². The number of carbonyl (C=O) groups is 2. The molecule has 0 bridgehead atoms. The van der Waals surface area contributed by atoms with Crippen LogP contribution in [0.4, 0.5) is 0 Å². The SMILES string of the molecule is CC(C)CC1NCC(c2ccccc2)N(C(=O)c2cnno2)C1=O. The van der Waals surface area contributed by atoms with Crippen molar-refractivity contribution < 1.29 is 14.1 Å². The minimum Gasteiger partial charge on any atom is -0.332 e. The third-order valence-electron chi connectivity index (χ3n) is 4.09. The topological polar surface area (TPSA) is 88.3 Å². The van der Waals surface area contributed by atoms with Crippen LogP contribution in [-0.2, 0) is 4.79 Å². The molecule has 0 aliphatic carbocycles. The highest BCUT2D eigenvalue weighted by atomic mass is 16.5.